The Balaban J connectivity index is 1.21. The molecule has 2 N–H and O–H groups in total. The molecule has 1 saturated heterocycles. The Hall–Kier alpha value is -3.13. The molecule has 0 spiro atoms. The number of hydrogen-bond acceptors (Lipinski definition) is 5. The number of benzene rings is 2. The van der Waals surface area contributed by atoms with Crippen molar-refractivity contribution in [1.82, 2.24) is 15.5 Å². The largest absolute Gasteiger partial charge is 0.454 e. The predicted octanol–water partition coefficient (Wildman–Crippen LogP) is 2.08. The van der Waals surface area contributed by atoms with Gasteiger partial charge in [0.1, 0.15) is 0 Å². The Labute approximate surface area is 186 Å². The molecule has 164 valence electrons. The summed E-state index contributed by atoms with van der Waals surface area (Å²) >= 11 is 5.96. The molecule has 2 heterocycles. The van der Waals surface area contributed by atoms with Crippen LogP contribution in [0.1, 0.15) is 5.56 Å². The highest BCUT2D eigenvalue weighted by molar-refractivity contribution is 6.30. The third-order valence-corrected chi connectivity index (χ3v) is 5.60. The van der Waals surface area contributed by atoms with Crippen molar-refractivity contribution in [3.8, 4) is 11.5 Å². The van der Waals surface area contributed by atoms with Gasteiger partial charge in [0.2, 0.25) is 12.7 Å². The summed E-state index contributed by atoms with van der Waals surface area (Å²) in [5.41, 5.74) is 2.17. The molecular weight excluding hydrogens is 418 g/mol. The van der Waals surface area contributed by atoms with E-state index in [4.69, 9.17) is 21.1 Å². The summed E-state index contributed by atoms with van der Waals surface area (Å²) in [6, 6.07) is 13.6. The van der Waals surface area contributed by atoms with Gasteiger partial charge in [-0.3, -0.25) is 9.79 Å². The van der Waals surface area contributed by atoms with Crippen LogP contribution in [-0.4, -0.2) is 63.3 Å². The standard InChI is InChI=1S/C22H26ClN5O3/c1-24-22(25-13-16-2-7-19-20(12-16)31-15-30-19)26-14-21(29)28-10-8-27(9-11-28)18-5-3-17(23)4-6-18/h2-7,12H,8-11,13-15H2,1H3,(H2,24,25,26). The van der Waals surface area contributed by atoms with Crippen molar-refractivity contribution >= 4 is 29.2 Å². The minimum atomic E-state index is 0.0572. The van der Waals surface area contributed by atoms with Crippen molar-refractivity contribution in [2.45, 2.75) is 6.54 Å². The van der Waals surface area contributed by atoms with Crippen LogP contribution in [0.2, 0.25) is 5.02 Å². The zero-order chi connectivity index (χ0) is 21.6. The van der Waals surface area contributed by atoms with Crippen LogP contribution in [0.5, 0.6) is 11.5 Å². The summed E-state index contributed by atoms with van der Waals surface area (Å²) in [5, 5.41) is 7.05. The summed E-state index contributed by atoms with van der Waals surface area (Å²) in [6.07, 6.45) is 0. The highest BCUT2D eigenvalue weighted by atomic mass is 35.5. The number of carbonyl (C=O) groups is 1. The number of hydrogen-bond donors (Lipinski definition) is 2. The predicted molar refractivity (Wildman–Crippen MR) is 121 cm³/mol. The van der Waals surface area contributed by atoms with Crippen molar-refractivity contribution < 1.29 is 14.3 Å². The molecule has 8 nitrogen and oxygen atoms in total. The number of piperazine rings is 1. The van der Waals surface area contributed by atoms with E-state index in [9.17, 15) is 4.79 Å². The van der Waals surface area contributed by atoms with Crippen molar-refractivity contribution in [2.75, 3.05) is 51.5 Å². The maximum Gasteiger partial charge on any atom is 0.242 e. The van der Waals surface area contributed by atoms with Gasteiger partial charge in [0, 0.05) is 50.5 Å². The Morgan fingerprint density at radius 2 is 1.77 bits per heavy atom. The molecule has 2 aliphatic heterocycles. The summed E-state index contributed by atoms with van der Waals surface area (Å²) in [6.45, 7) is 3.98. The Morgan fingerprint density at radius 1 is 1.03 bits per heavy atom. The van der Waals surface area contributed by atoms with E-state index in [1.807, 2.05) is 47.4 Å². The topological polar surface area (TPSA) is 78.4 Å². The number of amides is 1. The molecule has 2 aromatic rings. The molecule has 0 aromatic heterocycles. The number of carbonyl (C=O) groups excluding carboxylic acids is 1. The second kappa shape index (κ2) is 9.78. The monoisotopic (exact) mass is 443 g/mol. The molecule has 4 rings (SSSR count). The Kier molecular flexibility index (Phi) is 6.66. The van der Waals surface area contributed by atoms with E-state index in [0.29, 0.717) is 25.6 Å². The number of rotatable bonds is 5. The quantitative estimate of drug-likeness (QED) is 0.544. The molecule has 9 heteroatoms. The summed E-state index contributed by atoms with van der Waals surface area (Å²) in [5.74, 6) is 2.13. The van der Waals surface area contributed by atoms with Gasteiger partial charge in [-0.2, -0.15) is 0 Å². The lowest BCUT2D eigenvalue weighted by Crippen LogP contribution is -2.52. The number of ether oxygens (including phenoxy) is 2. The van der Waals surface area contributed by atoms with E-state index < -0.39 is 0 Å². The molecule has 2 aromatic carbocycles. The fourth-order valence-electron chi connectivity index (χ4n) is 3.59. The first-order valence-corrected chi connectivity index (χ1v) is 10.6. The average Bonchev–Trinajstić information content (AvgIpc) is 3.27. The average molecular weight is 444 g/mol. The number of nitrogens with one attached hydrogen (secondary N) is 2. The number of nitrogens with zero attached hydrogens (tertiary/aromatic N) is 3. The number of anilines is 1. The summed E-state index contributed by atoms with van der Waals surface area (Å²) < 4.78 is 10.7. The lowest BCUT2D eigenvalue weighted by Gasteiger charge is -2.36. The van der Waals surface area contributed by atoms with Crippen molar-refractivity contribution in [3.63, 3.8) is 0 Å². The third-order valence-electron chi connectivity index (χ3n) is 5.35. The third kappa shape index (κ3) is 5.32. The summed E-state index contributed by atoms with van der Waals surface area (Å²) in [4.78, 5) is 21.0. The Bertz CT molecular complexity index is 943. The van der Waals surface area contributed by atoms with E-state index in [1.54, 1.807) is 7.05 Å². The molecule has 0 unspecified atom stereocenters. The van der Waals surface area contributed by atoms with Gasteiger partial charge in [-0.25, -0.2) is 0 Å². The van der Waals surface area contributed by atoms with Crippen molar-refractivity contribution in [2.24, 2.45) is 4.99 Å². The van der Waals surface area contributed by atoms with E-state index in [2.05, 4.69) is 20.5 Å². The zero-order valence-corrected chi connectivity index (χ0v) is 18.2. The molecule has 0 saturated carbocycles. The molecule has 2 aliphatic rings. The minimum absolute atomic E-state index is 0.0572. The SMILES string of the molecule is CN=C(NCC(=O)N1CCN(c2ccc(Cl)cc2)CC1)NCc1ccc2c(c1)OCO2. The first-order chi connectivity index (χ1) is 15.1. The van der Waals surface area contributed by atoms with E-state index in [1.165, 1.54) is 0 Å². The van der Waals surface area contributed by atoms with E-state index in [0.717, 1.165) is 40.9 Å². The molecule has 31 heavy (non-hydrogen) atoms. The fraction of sp³-hybridized carbons (Fsp3) is 0.364. The lowest BCUT2D eigenvalue weighted by atomic mass is 10.2. The van der Waals surface area contributed by atoms with Gasteiger partial charge in [0.05, 0.1) is 6.54 Å². The molecule has 0 radical (unpaired) electrons. The molecule has 0 bridgehead atoms. The zero-order valence-electron chi connectivity index (χ0n) is 17.4. The number of aliphatic imine (C=N–C) groups is 1. The first-order valence-electron chi connectivity index (χ1n) is 10.2. The highest BCUT2D eigenvalue weighted by Gasteiger charge is 2.21. The van der Waals surface area contributed by atoms with Crippen LogP contribution in [0.4, 0.5) is 5.69 Å². The summed E-state index contributed by atoms with van der Waals surface area (Å²) in [7, 11) is 1.68. The van der Waals surface area contributed by atoms with Crippen molar-refractivity contribution in [1.29, 1.82) is 0 Å². The molecule has 1 fully saturated rings. The fourth-order valence-corrected chi connectivity index (χ4v) is 3.72. The van der Waals surface area contributed by atoms with Gasteiger partial charge in [-0.15, -0.1) is 0 Å². The van der Waals surface area contributed by atoms with E-state index >= 15 is 0 Å². The second-order valence-corrected chi connectivity index (χ2v) is 7.75. The number of fused-ring (bicyclic) bond motifs is 1. The maximum atomic E-state index is 12.6. The molecule has 0 atom stereocenters. The van der Waals surface area contributed by atoms with Crippen LogP contribution in [0, 0.1) is 0 Å². The number of halogens is 1. The molecular formula is C22H26ClN5O3. The van der Waals surface area contributed by atoms with Crippen LogP contribution in [0.25, 0.3) is 0 Å². The lowest BCUT2D eigenvalue weighted by molar-refractivity contribution is -0.130. The van der Waals surface area contributed by atoms with Gasteiger partial charge >= 0.3 is 0 Å². The molecule has 1 amide bonds. The first kappa shape index (κ1) is 21.1. The van der Waals surface area contributed by atoms with Gasteiger partial charge in [0.15, 0.2) is 17.5 Å². The second-order valence-electron chi connectivity index (χ2n) is 7.31. The van der Waals surface area contributed by atoms with Crippen LogP contribution < -0.4 is 25.0 Å². The van der Waals surface area contributed by atoms with Crippen LogP contribution >= 0.6 is 11.6 Å². The highest BCUT2D eigenvalue weighted by Crippen LogP contribution is 2.32. The van der Waals surface area contributed by atoms with Crippen molar-refractivity contribution in [3.05, 3.63) is 53.1 Å². The van der Waals surface area contributed by atoms with Gasteiger partial charge in [0.25, 0.3) is 0 Å². The van der Waals surface area contributed by atoms with Crippen LogP contribution in [0.15, 0.2) is 47.5 Å². The minimum Gasteiger partial charge on any atom is -0.454 e. The van der Waals surface area contributed by atoms with Gasteiger partial charge in [-0.05, 0) is 42.0 Å². The smallest absolute Gasteiger partial charge is 0.242 e. The van der Waals surface area contributed by atoms with Crippen LogP contribution in [-0.2, 0) is 11.3 Å². The van der Waals surface area contributed by atoms with Crippen LogP contribution in [0.3, 0.4) is 0 Å². The maximum absolute atomic E-state index is 12.6. The number of guanidine groups is 1. The molecule has 0 aliphatic carbocycles. The van der Waals surface area contributed by atoms with E-state index in [-0.39, 0.29) is 19.2 Å². The normalized spacial score (nSPS) is 15.7. The van der Waals surface area contributed by atoms with Gasteiger partial charge in [-0.1, -0.05) is 17.7 Å². The Morgan fingerprint density at radius 3 is 2.52 bits per heavy atom. The van der Waals surface area contributed by atoms with Gasteiger partial charge < -0.3 is 29.9 Å².